The van der Waals surface area contributed by atoms with Gasteiger partial charge in [-0.15, -0.1) is 0 Å². The number of hydrogen-bond acceptors (Lipinski definition) is 8. The molecule has 0 saturated carbocycles. The van der Waals surface area contributed by atoms with Gasteiger partial charge >= 0.3 is 0 Å². The fraction of sp³-hybridized carbons (Fsp3) is 0.0484. The van der Waals surface area contributed by atoms with Crippen LogP contribution in [0.15, 0.2) is 205 Å². The molecule has 0 unspecified atom stereocenters. The van der Waals surface area contributed by atoms with Crippen molar-refractivity contribution in [3.63, 3.8) is 0 Å². The van der Waals surface area contributed by atoms with Gasteiger partial charge in [0.2, 0.25) is 5.95 Å². The van der Waals surface area contributed by atoms with Crippen molar-refractivity contribution in [1.82, 2.24) is 24.9 Å². The van der Waals surface area contributed by atoms with E-state index in [4.69, 9.17) is 29.3 Å². The van der Waals surface area contributed by atoms with E-state index in [0.717, 1.165) is 102 Å². The molecule has 70 heavy (non-hydrogen) atoms. The molecule has 1 spiro atoms. The van der Waals surface area contributed by atoms with Gasteiger partial charge in [0.1, 0.15) is 5.58 Å². The first-order chi connectivity index (χ1) is 34.7. The van der Waals surface area contributed by atoms with Crippen molar-refractivity contribution in [2.45, 2.75) is 18.3 Å². The van der Waals surface area contributed by atoms with Crippen LogP contribution in [0.2, 0.25) is 0 Å². The lowest BCUT2D eigenvalue weighted by Gasteiger charge is -2.39. The molecular formula is C62H37N7O. The zero-order chi connectivity index (χ0) is 45.7. The number of furan rings is 1. The minimum absolute atomic E-state index is 0.528. The predicted molar refractivity (Wildman–Crippen MR) is 278 cm³/mol. The lowest BCUT2D eigenvalue weighted by Crippen LogP contribution is -2.32. The number of nitrogens with zero attached hydrogens (tertiary/aromatic N) is 7. The zero-order valence-corrected chi connectivity index (χ0v) is 37.5. The SMILES string of the molecule is c1ccc(-c2nc(-c3ccccc3)nc(N3c4ccccc4N(c4cccc5c4oc4c6c(ccc45)C4(c5cccnc5-c5ncccc54)c4ccc5c7c(ccc-6c47)CC5)c4ccccc43)n2)cc1. The highest BCUT2D eigenvalue weighted by molar-refractivity contribution is 6.20. The molecule has 4 aromatic heterocycles. The van der Waals surface area contributed by atoms with E-state index in [2.05, 4.69) is 137 Å². The Morgan fingerprint density at radius 2 is 0.943 bits per heavy atom. The number of hydrogen-bond donors (Lipinski definition) is 0. The summed E-state index contributed by atoms with van der Waals surface area (Å²) in [6, 6.07) is 66.6. The maximum absolute atomic E-state index is 7.59. The predicted octanol–water partition coefficient (Wildman–Crippen LogP) is 14.7. The molecule has 0 atom stereocenters. The Balaban J connectivity index is 0.947. The van der Waals surface area contributed by atoms with Crippen molar-refractivity contribution in [3.05, 3.63) is 234 Å². The maximum Gasteiger partial charge on any atom is 0.238 e. The lowest BCUT2D eigenvalue weighted by molar-refractivity contribution is 0.667. The molecule has 0 radical (unpaired) electrons. The van der Waals surface area contributed by atoms with Crippen molar-refractivity contribution in [2.75, 3.05) is 9.80 Å². The minimum atomic E-state index is -0.657. The first-order valence-corrected chi connectivity index (χ1v) is 23.9. The van der Waals surface area contributed by atoms with Crippen LogP contribution in [0.1, 0.15) is 33.4 Å². The number of anilines is 6. The Kier molecular flexibility index (Phi) is 7.50. The Morgan fingerprint density at radius 3 is 1.57 bits per heavy atom. The quantitative estimate of drug-likeness (QED) is 0.173. The highest BCUT2D eigenvalue weighted by atomic mass is 16.3. The molecule has 0 N–H and O–H groups in total. The van der Waals surface area contributed by atoms with Gasteiger partial charge in [-0.1, -0.05) is 146 Å². The molecule has 8 nitrogen and oxygen atoms in total. The van der Waals surface area contributed by atoms with Gasteiger partial charge in [0, 0.05) is 39.9 Å². The molecule has 12 aromatic rings. The zero-order valence-electron chi connectivity index (χ0n) is 37.5. The monoisotopic (exact) mass is 895 g/mol. The number of aromatic nitrogens is 5. The number of pyridine rings is 2. The largest absolute Gasteiger partial charge is 0.453 e. The average molecular weight is 896 g/mol. The molecule has 4 aliphatic rings. The molecule has 1 aliphatic heterocycles. The third kappa shape index (κ3) is 4.86. The van der Waals surface area contributed by atoms with E-state index >= 15 is 0 Å². The summed E-state index contributed by atoms with van der Waals surface area (Å²) in [4.78, 5) is 30.1. The third-order valence-corrected chi connectivity index (χ3v) is 15.2. The van der Waals surface area contributed by atoms with Crippen molar-refractivity contribution >= 4 is 67.1 Å². The highest BCUT2D eigenvalue weighted by Crippen LogP contribution is 2.64. The topological polar surface area (TPSA) is 84.1 Å². The van der Waals surface area contributed by atoms with Gasteiger partial charge in [0.25, 0.3) is 0 Å². The van der Waals surface area contributed by atoms with E-state index in [-0.39, 0.29) is 0 Å². The van der Waals surface area contributed by atoms with Gasteiger partial charge in [-0.25, -0.2) is 4.98 Å². The molecular weight excluding hydrogens is 859 g/mol. The molecule has 326 valence electrons. The van der Waals surface area contributed by atoms with E-state index in [1.165, 1.54) is 38.6 Å². The van der Waals surface area contributed by atoms with E-state index in [1.807, 2.05) is 73.1 Å². The molecule has 0 bridgehead atoms. The highest BCUT2D eigenvalue weighted by Gasteiger charge is 2.52. The fourth-order valence-corrected chi connectivity index (χ4v) is 12.4. The lowest BCUT2D eigenvalue weighted by atomic mass is 9.61. The van der Waals surface area contributed by atoms with Gasteiger partial charge in [0.05, 0.1) is 45.2 Å². The summed E-state index contributed by atoms with van der Waals surface area (Å²) in [5.74, 6) is 1.73. The Bertz CT molecular complexity index is 4060. The molecule has 8 heteroatoms. The van der Waals surface area contributed by atoms with E-state index < -0.39 is 5.41 Å². The second kappa shape index (κ2) is 13.9. The van der Waals surface area contributed by atoms with E-state index in [0.29, 0.717) is 17.6 Å². The number of aryl methyl sites for hydroxylation is 2. The van der Waals surface area contributed by atoms with Crippen LogP contribution < -0.4 is 9.80 Å². The minimum Gasteiger partial charge on any atom is -0.453 e. The van der Waals surface area contributed by atoms with Gasteiger partial charge < -0.3 is 9.32 Å². The first-order valence-electron chi connectivity index (χ1n) is 23.9. The van der Waals surface area contributed by atoms with Crippen LogP contribution in [0.3, 0.4) is 0 Å². The first kappa shape index (κ1) is 37.8. The molecule has 0 fully saturated rings. The summed E-state index contributed by atoms with van der Waals surface area (Å²) >= 11 is 0. The number of benzene rings is 8. The van der Waals surface area contributed by atoms with Crippen LogP contribution >= 0.6 is 0 Å². The molecule has 5 heterocycles. The fourth-order valence-electron chi connectivity index (χ4n) is 12.4. The van der Waals surface area contributed by atoms with Crippen molar-refractivity contribution in [2.24, 2.45) is 0 Å². The second-order valence-electron chi connectivity index (χ2n) is 18.6. The summed E-state index contributed by atoms with van der Waals surface area (Å²) in [6.45, 7) is 0. The number of para-hydroxylation sites is 5. The van der Waals surface area contributed by atoms with Crippen molar-refractivity contribution < 1.29 is 4.42 Å². The van der Waals surface area contributed by atoms with Gasteiger partial charge in [0.15, 0.2) is 17.2 Å². The van der Waals surface area contributed by atoms with Crippen LogP contribution in [-0.4, -0.2) is 24.9 Å². The van der Waals surface area contributed by atoms with Crippen LogP contribution in [0.5, 0.6) is 0 Å². The Labute approximate surface area is 401 Å². The van der Waals surface area contributed by atoms with Crippen LogP contribution in [0.4, 0.5) is 34.4 Å². The Hall–Kier alpha value is -9.27. The van der Waals surface area contributed by atoms with Crippen molar-refractivity contribution in [1.29, 1.82) is 0 Å². The van der Waals surface area contributed by atoms with Crippen molar-refractivity contribution in [3.8, 4) is 45.3 Å². The normalized spacial score (nSPS) is 14.2. The maximum atomic E-state index is 7.59. The van der Waals surface area contributed by atoms with Gasteiger partial charge in [-0.2, -0.15) is 9.97 Å². The smallest absolute Gasteiger partial charge is 0.238 e. The molecule has 0 amide bonds. The Morgan fingerprint density at radius 1 is 0.400 bits per heavy atom. The van der Waals surface area contributed by atoms with Crippen LogP contribution in [-0.2, 0) is 18.3 Å². The molecule has 16 rings (SSSR count). The summed E-state index contributed by atoms with van der Waals surface area (Å²) in [6.07, 6.45) is 5.87. The van der Waals surface area contributed by atoms with E-state index in [9.17, 15) is 0 Å². The molecule has 3 aliphatic carbocycles. The standard InChI is InChI=1S/C62H37N7O/c1-3-14-38(15-4-1)59-65-60(39-16-5-2-6-17-39)67-61(66-59)69-49-23-9-7-21-47(49)68(48-22-8-10-24-50(48)69)51-25-11-18-40-41-31-33-44-54(58(41)70-57(40)51)42-30-28-36-26-27-37-29-32-43(53(42)52(36)37)62(44)45-19-12-34-63-55(45)56-46(62)20-13-35-64-56/h1-25,28-35H,26-27H2. The summed E-state index contributed by atoms with van der Waals surface area (Å²) in [5.41, 5.74) is 19.4. The van der Waals surface area contributed by atoms with Gasteiger partial charge in [-0.3, -0.25) is 14.9 Å². The van der Waals surface area contributed by atoms with Gasteiger partial charge in [-0.05, 0) is 105 Å². The summed E-state index contributed by atoms with van der Waals surface area (Å²) < 4.78 is 7.59. The van der Waals surface area contributed by atoms with Crippen LogP contribution in [0, 0.1) is 0 Å². The number of rotatable bonds is 4. The van der Waals surface area contributed by atoms with E-state index in [1.54, 1.807) is 0 Å². The number of fused-ring (bicyclic) bond motifs is 15. The second-order valence-corrected chi connectivity index (χ2v) is 18.6. The van der Waals surface area contributed by atoms with Crippen LogP contribution in [0.25, 0.3) is 78.0 Å². The average Bonchev–Trinajstić information content (AvgIpc) is 4.13. The third-order valence-electron chi connectivity index (χ3n) is 15.2. The molecule has 8 aromatic carbocycles. The molecule has 0 saturated heterocycles. The summed E-state index contributed by atoms with van der Waals surface area (Å²) in [7, 11) is 0. The summed E-state index contributed by atoms with van der Waals surface area (Å²) in [5, 5.41) is 4.81.